The number of hydrogen-bond donors (Lipinski definition) is 4. The number of rotatable bonds is 7. The van der Waals surface area contributed by atoms with E-state index in [1.807, 2.05) is 24.3 Å². The van der Waals surface area contributed by atoms with Gasteiger partial charge in [-0.05, 0) is 35.7 Å². The van der Waals surface area contributed by atoms with E-state index in [9.17, 15) is 9.59 Å². The molecule has 1 atom stereocenters. The predicted molar refractivity (Wildman–Crippen MR) is 110 cm³/mol. The van der Waals surface area contributed by atoms with Crippen molar-refractivity contribution in [1.82, 2.24) is 20.3 Å². The van der Waals surface area contributed by atoms with Crippen molar-refractivity contribution in [1.29, 1.82) is 0 Å². The maximum Gasteiger partial charge on any atom is 0.320 e. The first kappa shape index (κ1) is 20.7. The van der Waals surface area contributed by atoms with E-state index in [0.717, 1.165) is 11.3 Å². The average molecular weight is 407 g/mol. The Hall–Kier alpha value is -4.05. The summed E-state index contributed by atoms with van der Waals surface area (Å²) in [4.78, 5) is 27.4. The zero-order valence-corrected chi connectivity index (χ0v) is 16.0. The molecule has 1 amide bonds. The molecule has 10 nitrogen and oxygen atoms in total. The molecule has 0 radical (unpaired) electrons. The molecule has 0 spiro atoms. The Morgan fingerprint density at radius 3 is 2.57 bits per heavy atom. The molecule has 0 fully saturated rings. The van der Waals surface area contributed by atoms with Crippen LogP contribution in [0, 0.1) is 0 Å². The van der Waals surface area contributed by atoms with E-state index >= 15 is 0 Å². The van der Waals surface area contributed by atoms with Crippen LogP contribution in [0.5, 0.6) is 0 Å². The third-order valence-corrected chi connectivity index (χ3v) is 4.31. The molecule has 10 heteroatoms. The van der Waals surface area contributed by atoms with Crippen molar-refractivity contribution >= 4 is 17.8 Å². The van der Waals surface area contributed by atoms with Crippen LogP contribution in [0.3, 0.4) is 0 Å². The maximum absolute atomic E-state index is 12.3. The third kappa shape index (κ3) is 5.26. The zero-order chi connectivity index (χ0) is 21.5. The van der Waals surface area contributed by atoms with Gasteiger partial charge in [-0.1, -0.05) is 35.5 Å². The highest BCUT2D eigenvalue weighted by Crippen LogP contribution is 2.14. The van der Waals surface area contributed by atoms with Crippen molar-refractivity contribution in [2.24, 2.45) is 16.5 Å². The van der Waals surface area contributed by atoms with Crippen molar-refractivity contribution < 1.29 is 14.7 Å². The molecule has 1 unspecified atom stereocenters. The quantitative estimate of drug-likeness (QED) is 0.327. The highest BCUT2D eigenvalue weighted by Gasteiger charge is 2.13. The highest BCUT2D eigenvalue weighted by molar-refractivity contribution is 6.05. The molecule has 0 aliphatic heterocycles. The number of carbonyl (C=O) groups is 2. The lowest BCUT2D eigenvalue weighted by Crippen LogP contribution is -2.36. The molecule has 30 heavy (non-hydrogen) atoms. The topological polar surface area (TPSA) is 162 Å². The van der Waals surface area contributed by atoms with E-state index in [-0.39, 0.29) is 18.9 Å². The van der Waals surface area contributed by atoms with Crippen molar-refractivity contribution in [3.8, 4) is 5.69 Å². The monoisotopic (exact) mass is 407 g/mol. The second kappa shape index (κ2) is 9.43. The van der Waals surface area contributed by atoms with Crippen LogP contribution in [-0.4, -0.2) is 44.0 Å². The van der Waals surface area contributed by atoms with Crippen molar-refractivity contribution in [3.05, 3.63) is 77.6 Å². The Morgan fingerprint density at radius 1 is 1.17 bits per heavy atom. The second-order valence-corrected chi connectivity index (χ2v) is 6.48. The van der Waals surface area contributed by atoms with Crippen LogP contribution in [-0.2, 0) is 17.8 Å². The Bertz CT molecular complexity index is 1050. The van der Waals surface area contributed by atoms with Gasteiger partial charge in [-0.15, -0.1) is 5.10 Å². The van der Waals surface area contributed by atoms with E-state index in [2.05, 4.69) is 20.6 Å². The Morgan fingerprint density at radius 2 is 1.90 bits per heavy atom. The molecular weight excluding hydrogens is 386 g/mol. The number of guanidine groups is 1. The number of carboxylic acid groups (broad SMARTS) is 1. The van der Waals surface area contributed by atoms with Crippen LogP contribution in [0.1, 0.15) is 21.5 Å². The summed E-state index contributed by atoms with van der Waals surface area (Å²) in [6.07, 6.45) is 3.47. The molecule has 2 aromatic carbocycles. The van der Waals surface area contributed by atoms with Crippen LogP contribution in [0.2, 0.25) is 0 Å². The van der Waals surface area contributed by atoms with Crippen LogP contribution in [0.25, 0.3) is 5.69 Å². The van der Waals surface area contributed by atoms with Gasteiger partial charge < -0.3 is 16.6 Å². The highest BCUT2D eigenvalue weighted by atomic mass is 16.4. The number of para-hydroxylation sites is 1. The summed E-state index contributed by atoms with van der Waals surface area (Å²) in [5.41, 5.74) is 14.1. The molecule has 6 N–H and O–H groups in total. The van der Waals surface area contributed by atoms with Gasteiger partial charge in [-0.2, -0.15) is 0 Å². The number of nitrogens with two attached hydrogens (primary N) is 2. The summed E-state index contributed by atoms with van der Waals surface area (Å²) < 4.78 is 1.62. The van der Waals surface area contributed by atoms with Crippen LogP contribution >= 0.6 is 0 Å². The van der Waals surface area contributed by atoms with Gasteiger partial charge in [0.05, 0.1) is 24.6 Å². The summed E-state index contributed by atoms with van der Waals surface area (Å²) in [5, 5.41) is 19.2. The lowest BCUT2D eigenvalue weighted by atomic mass is 10.0. The fraction of sp³-hybridized carbons (Fsp3) is 0.150. The van der Waals surface area contributed by atoms with Gasteiger partial charge in [0, 0.05) is 5.56 Å². The number of nitrogens with one attached hydrogen (secondary N) is 1. The lowest BCUT2D eigenvalue weighted by Gasteiger charge is -2.09. The van der Waals surface area contributed by atoms with Crippen molar-refractivity contribution in [2.45, 2.75) is 19.0 Å². The van der Waals surface area contributed by atoms with E-state index in [1.165, 1.54) is 0 Å². The largest absolute Gasteiger partial charge is 0.480 e. The average Bonchev–Trinajstić information content (AvgIpc) is 3.27. The van der Waals surface area contributed by atoms with Gasteiger partial charge in [0.2, 0.25) is 0 Å². The number of aromatic nitrogens is 3. The first-order valence-electron chi connectivity index (χ1n) is 9.07. The molecule has 154 valence electrons. The summed E-state index contributed by atoms with van der Waals surface area (Å²) >= 11 is 0. The van der Waals surface area contributed by atoms with Gasteiger partial charge in [0.15, 0.2) is 5.96 Å². The molecule has 3 rings (SSSR count). The maximum atomic E-state index is 12.3. The zero-order valence-electron chi connectivity index (χ0n) is 16.0. The Labute approximate surface area is 172 Å². The first-order chi connectivity index (χ1) is 14.4. The van der Waals surface area contributed by atoms with Gasteiger partial charge >= 0.3 is 5.97 Å². The van der Waals surface area contributed by atoms with Gasteiger partial charge in [0.25, 0.3) is 5.91 Å². The molecular formula is C20H21N7O3. The minimum atomic E-state index is -1.08. The smallest absolute Gasteiger partial charge is 0.320 e. The predicted octanol–water partition coefficient (Wildman–Crippen LogP) is 0.466. The van der Waals surface area contributed by atoms with Crippen LogP contribution < -0.4 is 16.8 Å². The molecule has 0 bridgehead atoms. The molecule has 3 aromatic rings. The van der Waals surface area contributed by atoms with Gasteiger partial charge in [-0.25, -0.2) is 9.67 Å². The van der Waals surface area contributed by atoms with Crippen molar-refractivity contribution in [2.75, 3.05) is 0 Å². The normalized spacial score (nSPS) is 12.4. The van der Waals surface area contributed by atoms with Gasteiger partial charge in [-0.3, -0.25) is 14.9 Å². The number of carbonyl (C=O) groups excluding carboxylic acids is 1. The molecule has 0 aliphatic rings. The molecule has 0 aliphatic carbocycles. The number of aliphatic imine (C=N–C) groups is 1. The minimum Gasteiger partial charge on any atom is -0.480 e. The first-order valence-corrected chi connectivity index (χ1v) is 9.07. The summed E-state index contributed by atoms with van der Waals surface area (Å²) in [6, 6.07) is 13.0. The third-order valence-electron chi connectivity index (χ3n) is 4.31. The lowest BCUT2D eigenvalue weighted by molar-refractivity contribution is -0.138. The van der Waals surface area contributed by atoms with E-state index in [1.54, 1.807) is 41.3 Å². The number of aliphatic carboxylic acids is 1. The molecule has 1 aromatic heterocycles. The Kier molecular flexibility index (Phi) is 6.50. The fourth-order valence-corrected chi connectivity index (χ4v) is 2.74. The molecule has 0 saturated heterocycles. The summed E-state index contributed by atoms with van der Waals surface area (Å²) in [5.74, 6) is -1.52. The van der Waals surface area contributed by atoms with E-state index < -0.39 is 17.9 Å². The Balaban J connectivity index is 1.62. The number of benzene rings is 2. The van der Waals surface area contributed by atoms with Crippen LogP contribution in [0.15, 0.2) is 65.9 Å². The standard InChI is InChI=1S/C20H21N7O3/c21-16(19(29)30)11-13-5-7-14(8-6-13)18(28)25-20(22)23-12-15-3-1-2-4-17(15)27-10-9-24-26-27/h1-10,16H,11-12,21H2,(H,29,30)(H3,22,23,25,28). The fourth-order valence-electron chi connectivity index (χ4n) is 2.74. The number of hydrogen-bond acceptors (Lipinski definition) is 6. The van der Waals surface area contributed by atoms with Crippen molar-refractivity contribution in [3.63, 3.8) is 0 Å². The van der Waals surface area contributed by atoms with E-state index in [4.69, 9.17) is 16.6 Å². The van der Waals surface area contributed by atoms with Gasteiger partial charge in [0.1, 0.15) is 6.04 Å². The molecule has 1 heterocycles. The minimum absolute atomic E-state index is 0.0228. The van der Waals surface area contributed by atoms with Crippen LogP contribution in [0.4, 0.5) is 0 Å². The number of carboxylic acids is 1. The number of amides is 1. The second-order valence-electron chi connectivity index (χ2n) is 6.48. The summed E-state index contributed by atoms with van der Waals surface area (Å²) in [6.45, 7) is 0.244. The van der Waals surface area contributed by atoms with E-state index in [0.29, 0.717) is 11.1 Å². The molecule has 0 saturated carbocycles. The number of nitrogens with zero attached hydrogens (tertiary/aromatic N) is 4. The SMILES string of the molecule is NC(=NCc1ccccc1-n1ccnn1)NC(=O)c1ccc(CC(N)C(=O)O)cc1. The summed E-state index contributed by atoms with van der Waals surface area (Å²) in [7, 11) is 0.